The van der Waals surface area contributed by atoms with Crippen molar-refractivity contribution in [1.82, 2.24) is 9.97 Å². The van der Waals surface area contributed by atoms with E-state index < -0.39 is 0 Å². The number of nitrogens with two attached hydrogens (primary N) is 1. The summed E-state index contributed by atoms with van der Waals surface area (Å²) < 4.78 is 1.96. The Morgan fingerprint density at radius 2 is 2.31 bits per heavy atom. The van der Waals surface area contributed by atoms with Crippen LogP contribution in [-0.2, 0) is 6.42 Å². The number of rotatable bonds is 1. The molecule has 2 aromatic heterocycles. The van der Waals surface area contributed by atoms with Crippen molar-refractivity contribution in [2.24, 2.45) is 0 Å². The Hall–Kier alpha value is -0.680. The number of hydrogen-bond acceptors (Lipinski definition) is 4. The smallest absolute Gasteiger partial charge is 0.145 e. The van der Waals surface area contributed by atoms with Crippen LogP contribution in [0.3, 0.4) is 0 Å². The van der Waals surface area contributed by atoms with E-state index in [4.69, 9.17) is 5.73 Å². The van der Waals surface area contributed by atoms with Gasteiger partial charge in [0.1, 0.15) is 17.2 Å². The third kappa shape index (κ3) is 1.42. The number of aryl methyl sites for hydroxylation is 1. The molecule has 0 fully saturated rings. The zero-order chi connectivity index (χ0) is 9.42. The summed E-state index contributed by atoms with van der Waals surface area (Å²) in [5, 5.41) is 1.98. The molecular formula is C8H8BrN3S. The molecule has 0 amide bonds. The molecule has 3 nitrogen and oxygen atoms in total. The maximum absolute atomic E-state index is 5.78. The van der Waals surface area contributed by atoms with Gasteiger partial charge in [-0.25, -0.2) is 9.97 Å². The highest BCUT2D eigenvalue weighted by molar-refractivity contribution is 9.10. The second-order valence-corrected chi connectivity index (χ2v) is 4.37. The van der Waals surface area contributed by atoms with E-state index in [1.165, 1.54) is 0 Å². The van der Waals surface area contributed by atoms with Crippen LogP contribution in [-0.4, -0.2) is 9.97 Å². The van der Waals surface area contributed by atoms with Gasteiger partial charge in [-0.05, 0) is 15.9 Å². The van der Waals surface area contributed by atoms with E-state index >= 15 is 0 Å². The molecule has 68 valence electrons. The lowest BCUT2D eigenvalue weighted by atomic mass is 10.4. The minimum absolute atomic E-state index is 0.581. The van der Waals surface area contributed by atoms with Crippen molar-refractivity contribution in [3.8, 4) is 0 Å². The molecule has 0 unspecified atom stereocenters. The molecule has 0 aromatic carbocycles. The lowest BCUT2D eigenvalue weighted by Crippen LogP contribution is -1.98. The van der Waals surface area contributed by atoms with Crippen molar-refractivity contribution in [3.05, 3.63) is 15.7 Å². The number of hydrogen-bond donors (Lipinski definition) is 1. The third-order valence-electron chi connectivity index (χ3n) is 1.76. The van der Waals surface area contributed by atoms with Crippen molar-refractivity contribution < 1.29 is 0 Å². The second-order valence-electron chi connectivity index (χ2n) is 2.64. The summed E-state index contributed by atoms with van der Waals surface area (Å²) >= 11 is 4.99. The summed E-state index contributed by atoms with van der Waals surface area (Å²) in [6.45, 7) is 2.01. The Bertz CT molecular complexity index is 452. The van der Waals surface area contributed by atoms with Crippen molar-refractivity contribution >= 4 is 43.3 Å². The van der Waals surface area contributed by atoms with E-state index in [1.807, 2.05) is 12.3 Å². The number of nitrogen functional groups attached to an aromatic ring is 1. The van der Waals surface area contributed by atoms with Crippen LogP contribution in [0.5, 0.6) is 0 Å². The maximum atomic E-state index is 5.78. The number of halogens is 1. The fourth-order valence-electron chi connectivity index (χ4n) is 1.12. The highest BCUT2D eigenvalue weighted by Crippen LogP contribution is 2.31. The first-order valence-electron chi connectivity index (χ1n) is 3.91. The van der Waals surface area contributed by atoms with Crippen LogP contribution in [0.4, 0.5) is 5.82 Å². The molecule has 0 spiro atoms. The van der Waals surface area contributed by atoms with Crippen LogP contribution in [0, 0.1) is 0 Å². The van der Waals surface area contributed by atoms with Gasteiger partial charge in [-0.15, -0.1) is 11.3 Å². The van der Waals surface area contributed by atoms with Gasteiger partial charge in [-0.3, -0.25) is 0 Å². The molecule has 0 radical (unpaired) electrons. The summed E-state index contributed by atoms with van der Waals surface area (Å²) in [5.74, 6) is 1.38. The average molecular weight is 258 g/mol. The molecule has 0 aliphatic heterocycles. The Kier molecular flexibility index (Phi) is 2.21. The molecule has 5 heteroatoms. The molecule has 2 aromatic rings. The summed E-state index contributed by atoms with van der Waals surface area (Å²) in [6, 6.07) is 0. The van der Waals surface area contributed by atoms with Crippen molar-refractivity contribution in [2.45, 2.75) is 13.3 Å². The summed E-state index contributed by atoms with van der Waals surface area (Å²) in [4.78, 5) is 8.58. The van der Waals surface area contributed by atoms with Crippen molar-refractivity contribution in [1.29, 1.82) is 0 Å². The molecule has 0 bridgehead atoms. The minimum atomic E-state index is 0.581. The molecule has 0 aliphatic carbocycles. The lowest BCUT2D eigenvalue weighted by Gasteiger charge is -1.98. The quantitative estimate of drug-likeness (QED) is 0.855. The van der Waals surface area contributed by atoms with Crippen LogP contribution in [0.2, 0.25) is 0 Å². The van der Waals surface area contributed by atoms with E-state index in [9.17, 15) is 0 Å². The lowest BCUT2D eigenvalue weighted by molar-refractivity contribution is 0.967. The molecule has 0 aliphatic rings. The Morgan fingerprint density at radius 3 is 3.00 bits per heavy atom. The van der Waals surface area contributed by atoms with E-state index in [0.29, 0.717) is 5.82 Å². The fraction of sp³-hybridized carbons (Fsp3) is 0.250. The van der Waals surface area contributed by atoms with E-state index in [0.717, 1.165) is 26.9 Å². The SMILES string of the molecule is CCc1nc(N)c2scc(Br)c2n1. The van der Waals surface area contributed by atoms with Crippen LogP contribution in [0.25, 0.3) is 10.2 Å². The number of aromatic nitrogens is 2. The zero-order valence-electron chi connectivity index (χ0n) is 7.04. The Morgan fingerprint density at radius 1 is 1.54 bits per heavy atom. The highest BCUT2D eigenvalue weighted by atomic mass is 79.9. The van der Waals surface area contributed by atoms with Gasteiger partial charge in [0.2, 0.25) is 0 Å². The molecule has 2 rings (SSSR count). The Labute approximate surface area is 88.1 Å². The van der Waals surface area contributed by atoms with Gasteiger partial charge >= 0.3 is 0 Å². The first-order chi connectivity index (χ1) is 6.22. The molecule has 0 atom stereocenters. The Balaban J connectivity index is 2.80. The van der Waals surface area contributed by atoms with Gasteiger partial charge in [-0.1, -0.05) is 6.92 Å². The monoisotopic (exact) mass is 257 g/mol. The predicted octanol–water partition coefficient (Wildman–Crippen LogP) is 2.60. The zero-order valence-corrected chi connectivity index (χ0v) is 9.44. The molecule has 0 saturated carbocycles. The minimum Gasteiger partial charge on any atom is -0.382 e. The molecule has 0 saturated heterocycles. The van der Waals surface area contributed by atoms with E-state index in [2.05, 4.69) is 25.9 Å². The van der Waals surface area contributed by atoms with Crippen molar-refractivity contribution in [3.63, 3.8) is 0 Å². The van der Waals surface area contributed by atoms with Crippen molar-refractivity contribution in [2.75, 3.05) is 5.73 Å². The van der Waals surface area contributed by atoms with Gasteiger partial charge in [0, 0.05) is 11.8 Å². The molecule has 13 heavy (non-hydrogen) atoms. The summed E-state index contributed by atoms with van der Waals surface area (Å²) in [5.41, 5.74) is 6.71. The van der Waals surface area contributed by atoms with Gasteiger partial charge in [-0.2, -0.15) is 0 Å². The largest absolute Gasteiger partial charge is 0.382 e. The summed E-state index contributed by atoms with van der Waals surface area (Å²) in [6.07, 6.45) is 0.808. The van der Waals surface area contributed by atoms with Gasteiger partial charge < -0.3 is 5.73 Å². The average Bonchev–Trinajstić information content (AvgIpc) is 2.48. The predicted molar refractivity (Wildman–Crippen MR) is 58.9 cm³/mol. The van der Waals surface area contributed by atoms with Crippen LogP contribution >= 0.6 is 27.3 Å². The number of nitrogens with zero attached hydrogens (tertiary/aromatic N) is 2. The standard InChI is InChI=1S/C8H8BrN3S/c1-2-5-11-6-4(9)3-13-7(6)8(10)12-5/h3H,2H2,1H3,(H2,10,11,12). The normalized spacial score (nSPS) is 10.9. The van der Waals surface area contributed by atoms with Crippen LogP contribution < -0.4 is 5.73 Å². The molecule has 2 heterocycles. The van der Waals surface area contributed by atoms with E-state index in [1.54, 1.807) is 11.3 Å². The number of thiophene rings is 1. The first-order valence-corrected chi connectivity index (χ1v) is 5.58. The van der Waals surface area contributed by atoms with Gasteiger partial charge in [0.05, 0.1) is 9.17 Å². The van der Waals surface area contributed by atoms with Crippen LogP contribution in [0.15, 0.2) is 9.85 Å². The maximum Gasteiger partial charge on any atom is 0.145 e. The van der Waals surface area contributed by atoms with Gasteiger partial charge in [0.15, 0.2) is 0 Å². The summed E-state index contributed by atoms with van der Waals surface area (Å²) in [7, 11) is 0. The topological polar surface area (TPSA) is 51.8 Å². The fourth-order valence-corrected chi connectivity index (χ4v) is 2.58. The van der Waals surface area contributed by atoms with Crippen LogP contribution in [0.1, 0.15) is 12.7 Å². The molecular weight excluding hydrogens is 250 g/mol. The first kappa shape index (κ1) is 8.90. The number of fused-ring (bicyclic) bond motifs is 1. The van der Waals surface area contributed by atoms with Gasteiger partial charge in [0.25, 0.3) is 0 Å². The third-order valence-corrected chi connectivity index (χ3v) is 3.66. The molecule has 2 N–H and O–H groups in total. The highest BCUT2D eigenvalue weighted by Gasteiger charge is 2.08. The van der Waals surface area contributed by atoms with E-state index in [-0.39, 0.29) is 0 Å². The second kappa shape index (κ2) is 3.23. The number of anilines is 1.